The fourth-order valence-corrected chi connectivity index (χ4v) is 2.27. The predicted molar refractivity (Wildman–Crippen MR) is 95.8 cm³/mol. The van der Waals surface area contributed by atoms with Crippen LogP contribution in [-0.2, 0) is 0 Å². The summed E-state index contributed by atoms with van der Waals surface area (Å²) in [5, 5.41) is 17.6. The molecule has 24 heavy (non-hydrogen) atoms. The molecule has 1 aromatic heterocycles. The molecule has 0 radical (unpaired) electrons. The number of nitrogens with zero attached hydrogens (tertiary/aromatic N) is 3. The number of rotatable bonds is 7. The molecule has 0 fully saturated rings. The van der Waals surface area contributed by atoms with Gasteiger partial charge in [0.2, 0.25) is 11.6 Å². The lowest BCUT2D eigenvalue weighted by Gasteiger charge is -2.13. The van der Waals surface area contributed by atoms with Crippen LogP contribution in [0.3, 0.4) is 0 Å². The van der Waals surface area contributed by atoms with Gasteiger partial charge in [0, 0.05) is 12.2 Å². The molecule has 128 valence electrons. The van der Waals surface area contributed by atoms with Gasteiger partial charge in [0.1, 0.15) is 6.33 Å². The Kier molecular flexibility index (Phi) is 5.68. The average molecular weight is 329 g/mol. The molecule has 1 heterocycles. The van der Waals surface area contributed by atoms with E-state index in [-0.39, 0.29) is 17.3 Å². The molecule has 0 aliphatic carbocycles. The molecule has 7 nitrogen and oxygen atoms in total. The van der Waals surface area contributed by atoms with Gasteiger partial charge in [0.25, 0.3) is 0 Å². The summed E-state index contributed by atoms with van der Waals surface area (Å²) in [5.74, 6) is 0.935. The molecule has 1 aromatic carbocycles. The van der Waals surface area contributed by atoms with Gasteiger partial charge < -0.3 is 10.6 Å². The van der Waals surface area contributed by atoms with Gasteiger partial charge in [-0.05, 0) is 43.4 Å². The highest BCUT2D eigenvalue weighted by molar-refractivity contribution is 5.75. The first-order valence-electron chi connectivity index (χ1n) is 7.96. The minimum Gasteiger partial charge on any atom is -0.364 e. The van der Waals surface area contributed by atoms with Gasteiger partial charge >= 0.3 is 5.69 Å². The normalized spacial score (nSPS) is 10.7. The van der Waals surface area contributed by atoms with E-state index in [2.05, 4.69) is 34.4 Å². The first kappa shape index (κ1) is 17.7. The van der Waals surface area contributed by atoms with Crippen molar-refractivity contribution in [2.75, 3.05) is 17.2 Å². The zero-order valence-electron chi connectivity index (χ0n) is 14.5. The van der Waals surface area contributed by atoms with Crippen molar-refractivity contribution in [2.24, 2.45) is 5.92 Å². The lowest BCUT2D eigenvalue weighted by atomic mass is 10.1. The topological polar surface area (TPSA) is 93.0 Å². The Morgan fingerprint density at radius 3 is 2.58 bits per heavy atom. The molecular formula is C17H23N5O2. The second-order valence-corrected chi connectivity index (χ2v) is 6.16. The van der Waals surface area contributed by atoms with Crippen LogP contribution in [0.1, 0.15) is 31.4 Å². The molecule has 0 bridgehead atoms. The quantitative estimate of drug-likeness (QED) is 0.584. The van der Waals surface area contributed by atoms with Crippen LogP contribution in [-0.4, -0.2) is 21.4 Å². The van der Waals surface area contributed by atoms with Crippen molar-refractivity contribution in [2.45, 2.75) is 34.1 Å². The zero-order chi connectivity index (χ0) is 17.7. The molecule has 2 rings (SSSR count). The molecule has 0 saturated heterocycles. The minimum absolute atomic E-state index is 0.137. The molecule has 0 atom stereocenters. The van der Waals surface area contributed by atoms with Crippen LogP contribution in [0, 0.1) is 29.9 Å². The molecule has 7 heteroatoms. The van der Waals surface area contributed by atoms with Crippen molar-refractivity contribution in [1.82, 2.24) is 9.97 Å². The highest BCUT2D eigenvalue weighted by Gasteiger charge is 2.23. The summed E-state index contributed by atoms with van der Waals surface area (Å²) in [6.45, 7) is 8.78. The maximum atomic E-state index is 11.5. The number of aryl methyl sites for hydroxylation is 1. The Bertz CT molecular complexity index is 731. The standard InChI is InChI=1S/C17H23N5O2/c1-11(2)8-9-18-16-15(22(23)24)17(20-10-19-16)21-14-7-5-6-12(3)13(14)4/h5-7,10-11H,8-9H2,1-4H3,(H2,18,19,20,21). The smallest absolute Gasteiger partial charge is 0.353 e. The molecule has 2 aromatic rings. The minimum atomic E-state index is -0.453. The number of nitro groups is 1. The second kappa shape index (κ2) is 7.72. The molecule has 0 aliphatic rings. The monoisotopic (exact) mass is 329 g/mol. The number of nitrogens with one attached hydrogen (secondary N) is 2. The van der Waals surface area contributed by atoms with Crippen LogP contribution < -0.4 is 10.6 Å². The van der Waals surface area contributed by atoms with Gasteiger partial charge in [0.15, 0.2) is 0 Å². The third-order valence-corrected chi connectivity index (χ3v) is 3.88. The van der Waals surface area contributed by atoms with E-state index in [1.54, 1.807) is 0 Å². The van der Waals surface area contributed by atoms with Crippen LogP contribution in [0.2, 0.25) is 0 Å². The molecular weight excluding hydrogens is 306 g/mol. The van der Waals surface area contributed by atoms with Crippen molar-refractivity contribution < 1.29 is 4.92 Å². The molecule has 0 unspecified atom stereocenters. The van der Waals surface area contributed by atoms with E-state index in [1.807, 2.05) is 32.0 Å². The van der Waals surface area contributed by atoms with Crippen molar-refractivity contribution in [3.8, 4) is 0 Å². The summed E-state index contributed by atoms with van der Waals surface area (Å²) in [5.41, 5.74) is 2.79. The molecule has 0 amide bonds. The van der Waals surface area contributed by atoms with Gasteiger partial charge in [-0.25, -0.2) is 9.97 Å². The first-order chi connectivity index (χ1) is 11.4. The lowest BCUT2D eigenvalue weighted by molar-refractivity contribution is -0.383. The summed E-state index contributed by atoms with van der Waals surface area (Å²) < 4.78 is 0. The second-order valence-electron chi connectivity index (χ2n) is 6.16. The van der Waals surface area contributed by atoms with Crippen LogP contribution in [0.5, 0.6) is 0 Å². The Morgan fingerprint density at radius 1 is 1.21 bits per heavy atom. The van der Waals surface area contributed by atoms with Crippen molar-refractivity contribution in [1.29, 1.82) is 0 Å². The largest absolute Gasteiger partial charge is 0.364 e. The lowest BCUT2D eigenvalue weighted by Crippen LogP contribution is -2.10. The van der Waals surface area contributed by atoms with Crippen molar-refractivity contribution >= 4 is 23.0 Å². The average Bonchev–Trinajstić information content (AvgIpc) is 2.51. The van der Waals surface area contributed by atoms with Gasteiger partial charge in [-0.15, -0.1) is 0 Å². The number of benzene rings is 1. The highest BCUT2D eigenvalue weighted by Crippen LogP contribution is 2.32. The highest BCUT2D eigenvalue weighted by atomic mass is 16.6. The zero-order valence-corrected chi connectivity index (χ0v) is 14.5. The third kappa shape index (κ3) is 4.18. The van der Waals surface area contributed by atoms with Gasteiger partial charge in [0.05, 0.1) is 4.92 Å². The van der Waals surface area contributed by atoms with Gasteiger partial charge in [-0.3, -0.25) is 10.1 Å². The van der Waals surface area contributed by atoms with E-state index in [0.29, 0.717) is 12.5 Å². The van der Waals surface area contributed by atoms with Crippen LogP contribution in [0.4, 0.5) is 23.0 Å². The number of aromatic nitrogens is 2. The van der Waals surface area contributed by atoms with Crippen molar-refractivity contribution in [3.05, 3.63) is 45.8 Å². The van der Waals surface area contributed by atoms with Gasteiger partial charge in [-0.2, -0.15) is 0 Å². The fraction of sp³-hybridized carbons (Fsp3) is 0.412. The number of hydrogen-bond acceptors (Lipinski definition) is 6. The van der Waals surface area contributed by atoms with Crippen LogP contribution >= 0.6 is 0 Å². The molecule has 0 spiro atoms. The summed E-state index contributed by atoms with van der Waals surface area (Å²) in [7, 11) is 0. The van der Waals surface area contributed by atoms with Crippen LogP contribution in [0.15, 0.2) is 24.5 Å². The molecule has 0 aliphatic heterocycles. The molecule has 2 N–H and O–H groups in total. The third-order valence-electron chi connectivity index (χ3n) is 3.88. The summed E-state index contributed by atoms with van der Waals surface area (Å²) >= 11 is 0. The number of anilines is 3. The van der Waals surface area contributed by atoms with E-state index in [1.165, 1.54) is 6.33 Å². The first-order valence-corrected chi connectivity index (χ1v) is 7.96. The summed E-state index contributed by atoms with van der Waals surface area (Å²) in [6.07, 6.45) is 2.24. The van der Waals surface area contributed by atoms with Crippen molar-refractivity contribution in [3.63, 3.8) is 0 Å². The fourth-order valence-electron chi connectivity index (χ4n) is 2.27. The Morgan fingerprint density at radius 2 is 1.92 bits per heavy atom. The Labute approximate surface area is 141 Å². The van der Waals surface area contributed by atoms with E-state index >= 15 is 0 Å². The summed E-state index contributed by atoms with van der Waals surface area (Å²) in [6, 6.07) is 5.77. The maximum Gasteiger partial charge on any atom is 0.353 e. The van der Waals surface area contributed by atoms with Gasteiger partial charge in [-0.1, -0.05) is 26.0 Å². The van der Waals surface area contributed by atoms with E-state index < -0.39 is 4.92 Å². The predicted octanol–water partition coefficient (Wildman–Crippen LogP) is 4.20. The number of hydrogen-bond donors (Lipinski definition) is 2. The van der Waals surface area contributed by atoms with Crippen LogP contribution in [0.25, 0.3) is 0 Å². The van der Waals surface area contributed by atoms with E-state index in [4.69, 9.17) is 0 Å². The van der Waals surface area contributed by atoms with E-state index in [0.717, 1.165) is 23.2 Å². The maximum absolute atomic E-state index is 11.5. The molecule has 0 saturated carbocycles. The summed E-state index contributed by atoms with van der Waals surface area (Å²) in [4.78, 5) is 19.2. The van der Waals surface area contributed by atoms with E-state index in [9.17, 15) is 10.1 Å². The Balaban J connectivity index is 2.32. The SMILES string of the molecule is Cc1cccc(Nc2ncnc(NCCC(C)C)c2[N+](=O)[O-])c1C. The Hall–Kier alpha value is -2.70.